The molecule has 2 aromatic heterocycles. The van der Waals surface area contributed by atoms with E-state index >= 15 is 0 Å². The first-order chi connectivity index (χ1) is 12.3. The van der Waals surface area contributed by atoms with Gasteiger partial charge in [0, 0.05) is 50.1 Å². The lowest BCUT2D eigenvalue weighted by Gasteiger charge is -2.23. The van der Waals surface area contributed by atoms with Crippen LogP contribution >= 0.6 is 0 Å². The number of anilines is 1. The Morgan fingerprint density at radius 3 is 2.56 bits per heavy atom. The number of hydrogen-bond donors (Lipinski definition) is 1. The molecular weight excluding hydrogens is 314 g/mol. The van der Waals surface area contributed by atoms with Gasteiger partial charge < -0.3 is 14.8 Å². The molecule has 1 N–H and O–H groups in total. The minimum atomic E-state index is -0.103. The molecular formula is C19H21N5O. The van der Waals surface area contributed by atoms with E-state index in [9.17, 15) is 4.79 Å². The molecule has 3 aromatic rings. The average molecular weight is 335 g/mol. The SMILES string of the molecule is O=C(Nc1ccccc1)N(CCCn1ccnc1)Cc1ccncc1. The van der Waals surface area contributed by atoms with Crippen molar-refractivity contribution in [1.29, 1.82) is 0 Å². The smallest absolute Gasteiger partial charge is 0.322 e. The highest BCUT2D eigenvalue weighted by Crippen LogP contribution is 2.10. The number of rotatable bonds is 7. The van der Waals surface area contributed by atoms with E-state index in [1.54, 1.807) is 24.9 Å². The van der Waals surface area contributed by atoms with Gasteiger partial charge in [-0.05, 0) is 36.2 Å². The third kappa shape index (κ3) is 5.17. The number of hydrogen-bond acceptors (Lipinski definition) is 3. The molecule has 0 unspecified atom stereocenters. The summed E-state index contributed by atoms with van der Waals surface area (Å²) in [4.78, 5) is 22.6. The zero-order valence-corrected chi connectivity index (χ0v) is 14.0. The van der Waals surface area contributed by atoms with Crippen LogP contribution in [0.3, 0.4) is 0 Å². The van der Waals surface area contributed by atoms with Gasteiger partial charge in [-0.25, -0.2) is 9.78 Å². The van der Waals surface area contributed by atoms with E-state index in [4.69, 9.17) is 0 Å². The highest BCUT2D eigenvalue weighted by molar-refractivity contribution is 5.89. The summed E-state index contributed by atoms with van der Waals surface area (Å²) >= 11 is 0. The lowest BCUT2D eigenvalue weighted by atomic mass is 10.2. The van der Waals surface area contributed by atoms with Gasteiger partial charge in [0.25, 0.3) is 0 Å². The number of benzene rings is 1. The Bertz CT molecular complexity index is 759. The Hall–Kier alpha value is -3.15. The van der Waals surface area contributed by atoms with Gasteiger partial charge in [0.05, 0.1) is 6.33 Å². The molecule has 6 heteroatoms. The molecule has 1 aromatic carbocycles. The molecule has 6 nitrogen and oxygen atoms in total. The number of carbonyl (C=O) groups is 1. The summed E-state index contributed by atoms with van der Waals surface area (Å²) in [6, 6.07) is 13.3. The molecule has 0 aliphatic heterocycles. The van der Waals surface area contributed by atoms with Crippen molar-refractivity contribution in [2.24, 2.45) is 0 Å². The van der Waals surface area contributed by atoms with Gasteiger partial charge >= 0.3 is 6.03 Å². The van der Waals surface area contributed by atoms with Crippen LogP contribution in [0.1, 0.15) is 12.0 Å². The zero-order valence-electron chi connectivity index (χ0n) is 14.0. The average Bonchev–Trinajstić information content (AvgIpc) is 3.16. The number of aromatic nitrogens is 3. The molecule has 0 fully saturated rings. The summed E-state index contributed by atoms with van der Waals surface area (Å²) in [5, 5.41) is 2.96. The molecule has 0 saturated heterocycles. The van der Waals surface area contributed by atoms with Crippen molar-refractivity contribution in [3.8, 4) is 0 Å². The Labute approximate surface area is 147 Å². The van der Waals surface area contributed by atoms with Crippen molar-refractivity contribution in [3.63, 3.8) is 0 Å². The van der Waals surface area contributed by atoms with Crippen LogP contribution in [0.4, 0.5) is 10.5 Å². The summed E-state index contributed by atoms with van der Waals surface area (Å²) < 4.78 is 2.01. The lowest BCUT2D eigenvalue weighted by Crippen LogP contribution is -2.35. The lowest BCUT2D eigenvalue weighted by molar-refractivity contribution is 0.207. The normalized spacial score (nSPS) is 10.4. The van der Waals surface area contributed by atoms with Crippen molar-refractivity contribution in [2.75, 3.05) is 11.9 Å². The molecule has 0 bridgehead atoms. The number of amides is 2. The molecule has 0 atom stereocenters. The molecule has 0 radical (unpaired) electrons. The Kier molecular flexibility index (Phi) is 5.77. The second kappa shape index (κ2) is 8.63. The van der Waals surface area contributed by atoms with E-state index in [1.807, 2.05) is 58.1 Å². The van der Waals surface area contributed by atoms with Gasteiger partial charge in [-0.2, -0.15) is 0 Å². The minimum absolute atomic E-state index is 0.103. The number of nitrogens with zero attached hydrogens (tertiary/aromatic N) is 4. The minimum Gasteiger partial charge on any atom is -0.337 e. The molecule has 0 saturated carbocycles. The first-order valence-electron chi connectivity index (χ1n) is 8.27. The topological polar surface area (TPSA) is 63.1 Å². The molecule has 25 heavy (non-hydrogen) atoms. The number of nitrogens with one attached hydrogen (secondary N) is 1. The van der Waals surface area contributed by atoms with E-state index in [-0.39, 0.29) is 6.03 Å². The molecule has 0 aliphatic carbocycles. The Morgan fingerprint density at radius 2 is 1.84 bits per heavy atom. The standard InChI is InChI=1S/C19H21N5O/c25-19(22-18-5-2-1-3-6-18)24(15-17-7-9-20-10-8-17)13-4-12-23-14-11-21-16-23/h1-3,5-11,14,16H,4,12-13,15H2,(H,22,25). The summed E-state index contributed by atoms with van der Waals surface area (Å²) in [5.74, 6) is 0. The van der Waals surface area contributed by atoms with E-state index in [0.717, 1.165) is 24.2 Å². The second-order valence-corrected chi connectivity index (χ2v) is 5.73. The molecule has 3 rings (SSSR count). The van der Waals surface area contributed by atoms with Crippen molar-refractivity contribution in [1.82, 2.24) is 19.4 Å². The fourth-order valence-corrected chi connectivity index (χ4v) is 2.55. The van der Waals surface area contributed by atoms with Crippen LogP contribution in [0.5, 0.6) is 0 Å². The second-order valence-electron chi connectivity index (χ2n) is 5.73. The number of aryl methyl sites for hydroxylation is 1. The maximum Gasteiger partial charge on any atom is 0.322 e. The number of urea groups is 1. The fraction of sp³-hybridized carbons (Fsp3) is 0.211. The van der Waals surface area contributed by atoms with E-state index < -0.39 is 0 Å². The summed E-state index contributed by atoms with van der Waals surface area (Å²) in [5.41, 5.74) is 1.85. The van der Waals surface area contributed by atoms with Gasteiger partial charge in [-0.3, -0.25) is 4.98 Å². The fourth-order valence-electron chi connectivity index (χ4n) is 2.55. The van der Waals surface area contributed by atoms with Gasteiger partial charge in [0.2, 0.25) is 0 Å². The monoisotopic (exact) mass is 335 g/mol. The van der Waals surface area contributed by atoms with Crippen LogP contribution < -0.4 is 5.32 Å². The van der Waals surface area contributed by atoms with E-state index in [2.05, 4.69) is 15.3 Å². The predicted molar refractivity (Wildman–Crippen MR) is 97.0 cm³/mol. The number of imidazole rings is 1. The van der Waals surface area contributed by atoms with Crippen molar-refractivity contribution >= 4 is 11.7 Å². The number of para-hydroxylation sites is 1. The Balaban J connectivity index is 1.63. The number of carbonyl (C=O) groups excluding carboxylic acids is 1. The van der Waals surface area contributed by atoms with Gasteiger partial charge in [0.1, 0.15) is 0 Å². The van der Waals surface area contributed by atoms with Crippen LogP contribution in [-0.4, -0.2) is 32.0 Å². The summed E-state index contributed by atoms with van der Waals surface area (Å²) in [6.45, 7) is 2.02. The van der Waals surface area contributed by atoms with E-state index in [1.165, 1.54) is 0 Å². The summed E-state index contributed by atoms with van der Waals surface area (Å²) in [7, 11) is 0. The van der Waals surface area contributed by atoms with Crippen molar-refractivity contribution in [2.45, 2.75) is 19.5 Å². The van der Waals surface area contributed by atoms with Crippen molar-refractivity contribution < 1.29 is 4.79 Å². The van der Waals surface area contributed by atoms with E-state index in [0.29, 0.717) is 13.1 Å². The Morgan fingerprint density at radius 1 is 1.04 bits per heavy atom. The third-order valence-electron chi connectivity index (χ3n) is 3.84. The molecule has 0 spiro atoms. The van der Waals surface area contributed by atoms with Crippen LogP contribution in [0.2, 0.25) is 0 Å². The highest BCUT2D eigenvalue weighted by atomic mass is 16.2. The molecule has 0 aliphatic rings. The van der Waals surface area contributed by atoms with Gasteiger partial charge in [-0.15, -0.1) is 0 Å². The first-order valence-corrected chi connectivity index (χ1v) is 8.27. The predicted octanol–water partition coefficient (Wildman–Crippen LogP) is 3.40. The van der Waals surface area contributed by atoms with Gasteiger partial charge in [-0.1, -0.05) is 18.2 Å². The molecule has 2 amide bonds. The largest absolute Gasteiger partial charge is 0.337 e. The number of pyridine rings is 1. The highest BCUT2D eigenvalue weighted by Gasteiger charge is 2.14. The third-order valence-corrected chi connectivity index (χ3v) is 3.84. The first kappa shape index (κ1) is 16.7. The summed E-state index contributed by atoms with van der Waals surface area (Å²) in [6.07, 6.45) is 9.82. The maximum atomic E-state index is 12.7. The van der Waals surface area contributed by atoms with Crippen molar-refractivity contribution in [3.05, 3.63) is 79.1 Å². The molecule has 128 valence electrons. The van der Waals surface area contributed by atoms with Crippen LogP contribution in [0, 0.1) is 0 Å². The molecule has 2 heterocycles. The zero-order chi connectivity index (χ0) is 17.3. The van der Waals surface area contributed by atoms with Crippen LogP contribution in [-0.2, 0) is 13.1 Å². The quantitative estimate of drug-likeness (QED) is 0.720. The van der Waals surface area contributed by atoms with Crippen LogP contribution in [0.15, 0.2) is 73.6 Å². The van der Waals surface area contributed by atoms with Gasteiger partial charge in [0.15, 0.2) is 0 Å². The van der Waals surface area contributed by atoms with Crippen LogP contribution in [0.25, 0.3) is 0 Å². The maximum absolute atomic E-state index is 12.7.